The molecule has 26 heavy (non-hydrogen) atoms. The summed E-state index contributed by atoms with van der Waals surface area (Å²) in [6.45, 7) is 4.54. The van der Waals surface area contributed by atoms with E-state index in [0.29, 0.717) is 69.5 Å². The zero-order valence-electron chi connectivity index (χ0n) is 15.3. The van der Waals surface area contributed by atoms with Gasteiger partial charge in [-0.3, -0.25) is 4.79 Å². The van der Waals surface area contributed by atoms with Crippen LogP contribution in [0.1, 0.15) is 10.4 Å². The van der Waals surface area contributed by atoms with Crippen molar-refractivity contribution >= 4 is 11.9 Å². The molecular formula is C18H25N3O5. The maximum atomic E-state index is 12.7. The van der Waals surface area contributed by atoms with Crippen molar-refractivity contribution in [3.8, 4) is 11.5 Å². The van der Waals surface area contributed by atoms with E-state index in [1.165, 1.54) is 0 Å². The number of ether oxygens (including phenoxy) is 3. The van der Waals surface area contributed by atoms with E-state index in [4.69, 9.17) is 14.2 Å². The maximum absolute atomic E-state index is 12.7. The lowest BCUT2D eigenvalue weighted by Crippen LogP contribution is -2.55. The van der Waals surface area contributed by atoms with Crippen LogP contribution < -0.4 is 9.47 Å². The number of rotatable bonds is 3. The van der Waals surface area contributed by atoms with Gasteiger partial charge in [-0.2, -0.15) is 0 Å². The molecule has 2 saturated heterocycles. The van der Waals surface area contributed by atoms with Gasteiger partial charge in [0.25, 0.3) is 5.91 Å². The van der Waals surface area contributed by atoms with Crippen LogP contribution in [0.15, 0.2) is 18.2 Å². The molecule has 8 heteroatoms. The van der Waals surface area contributed by atoms with E-state index < -0.39 is 0 Å². The lowest BCUT2D eigenvalue weighted by molar-refractivity contribution is 0.0362. The van der Waals surface area contributed by atoms with Crippen LogP contribution >= 0.6 is 0 Å². The number of nitrogens with zero attached hydrogens (tertiary/aromatic N) is 3. The van der Waals surface area contributed by atoms with Crippen LogP contribution in [0.5, 0.6) is 11.5 Å². The van der Waals surface area contributed by atoms with Crippen molar-refractivity contribution in [3.63, 3.8) is 0 Å². The Labute approximate surface area is 153 Å². The lowest BCUT2D eigenvalue weighted by Gasteiger charge is -2.38. The molecule has 3 amide bonds. The molecule has 0 atom stereocenters. The number of morpholine rings is 1. The molecule has 0 spiro atoms. The minimum absolute atomic E-state index is 0.0338. The van der Waals surface area contributed by atoms with Crippen LogP contribution in [0.25, 0.3) is 0 Å². The van der Waals surface area contributed by atoms with Gasteiger partial charge < -0.3 is 28.9 Å². The molecule has 2 fully saturated rings. The van der Waals surface area contributed by atoms with Crippen LogP contribution in [0, 0.1) is 0 Å². The molecule has 142 valence electrons. The van der Waals surface area contributed by atoms with E-state index in [1.54, 1.807) is 37.3 Å². The fourth-order valence-corrected chi connectivity index (χ4v) is 3.21. The fraction of sp³-hybridized carbons (Fsp3) is 0.556. The van der Waals surface area contributed by atoms with Gasteiger partial charge in [0.05, 0.1) is 27.4 Å². The van der Waals surface area contributed by atoms with Gasteiger partial charge in [0.15, 0.2) is 11.5 Å². The van der Waals surface area contributed by atoms with E-state index in [0.717, 1.165) is 0 Å². The van der Waals surface area contributed by atoms with Crippen LogP contribution in [0.4, 0.5) is 4.79 Å². The second-order valence-corrected chi connectivity index (χ2v) is 6.23. The van der Waals surface area contributed by atoms with E-state index in [2.05, 4.69) is 0 Å². The average molecular weight is 363 g/mol. The zero-order chi connectivity index (χ0) is 18.5. The summed E-state index contributed by atoms with van der Waals surface area (Å²) in [7, 11) is 3.10. The third-order valence-electron chi connectivity index (χ3n) is 4.75. The Kier molecular flexibility index (Phi) is 5.82. The summed E-state index contributed by atoms with van der Waals surface area (Å²) in [5.74, 6) is 1.05. The molecule has 0 aliphatic carbocycles. The molecule has 0 bridgehead atoms. The number of methoxy groups -OCH3 is 2. The van der Waals surface area contributed by atoms with Crippen LogP contribution in [0.3, 0.4) is 0 Å². The normalized spacial score (nSPS) is 17.8. The quantitative estimate of drug-likeness (QED) is 0.798. The zero-order valence-corrected chi connectivity index (χ0v) is 15.3. The number of hydrogen-bond donors (Lipinski definition) is 0. The molecule has 0 radical (unpaired) electrons. The van der Waals surface area contributed by atoms with Crippen molar-refractivity contribution in [1.29, 1.82) is 0 Å². The maximum Gasteiger partial charge on any atom is 0.320 e. The van der Waals surface area contributed by atoms with Crippen molar-refractivity contribution in [3.05, 3.63) is 23.8 Å². The number of amides is 3. The fourth-order valence-electron chi connectivity index (χ4n) is 3.21. The summed E-state index contributed by atoms with van der Waals surface area (Å²) < 4.78 is 15.8. The van der Waals surface area contributed by atoms with E-state index in [1.807, 2.05) is 9.80 Å². The van der Waals surface area contributed by atoms with Crippen molar-refractivity contribution < 1.29 is 23.8 Å². The van der Waals surface area contributed by atoms with E-state index in [9.17, 15) is 9.59 Å². The summed E-state index contributed by atoms with van der Waals surface area (Å²) in [6.07, 6.45) is 0. The minimum atomic E-state index is -0.0653. The average Bonchev–Trinajstić information content (AvgIpc) is 2.73. The Bertz CT molecular complexity index is 652. The number of urea groups is 1. The Morgan fingerprint density at radius 1 is 0.846 bits per heavy atom. The highest BCUT2D eigenvalue weighted by molar-refractivity contribution is 5.95. The third-order valence-corrected chi connectivity index (χ3v) is 4.75. The van der Waals surface area contributed by atoms with Crippen LogP contribution in [-0.2, 0) is 4.74 Å². The molecule has 2 heterocycles. The molecule has 1 aromatic carbocycles. The topological polar surface area (TPSA) is 71.6 Å². The van der Waals surface area contributed by atoms with Gasteiger partial charge in [-0.05, 0) is 18.2 Å². The highest BCUT2D eigenvalue weighted by Crippen LogP contribution is 2.28. The largest absolute Gasteiger partial charge is 0.493 e. The molecule has 0 unspecified atom stereocenters. The van der Waals surface area contributed by atoms with Crippen LogP contribution in [0.2, 0.25) is 0 Å². The standard InChI is InChI=1S/C18H25N3O5/c1-24-15-4-3-14(13-16(15)25-2)17(22)19-5-7-20(8-6-19)18(23)21-9-11-26-12-10-21/h3-4,13H,5-12H2,1-2H3. The first kappa shape index (κ1) is 18.3. The smallest absolute Gasteiger partial charge is 0.320 e. The summed E-state index contributed by atoms with van der Waals surface area (Å²) in [5, 5.41) is 0. The first-order valence-electron chi connectivity index (χ1n) is 8.77. The Morgan fingerprint density at radius 3 is 2.04 bits per heavy atom. The summed E-state index contributed by atoms with van der Waals surface area (Å²) in [4.78, 5) is 30.7. The van der Waals surface area contributed by atoms with Gasteiger partial charge in [0, 0.05) is 44.8 Å². The van der Waals surface area contributed by atoms with Gasteiger partial charge >= 0.3 is 6.03 Å². The summed E-state index contributed by atoms with van der Waals surface area (Å²) >= 11 is 0. The van der Waals surface area contributed by atoms with Gasteiger partial charge in [0.2, 0.25) is 0 Å². The van der Waals surface area contributed by atoms with Crippen molar-refractivity contribution in [2.24, 2.45) is 0 Å². The predicted octanol–water partition coefficient (Wildman–Crippen LogP) is 0.914. The summed E-state index contributed by atoms with van der Waals surface area (Å²) in [6, 6.07) is 5.18. The number of benzene rings is 1. The molecule has 3 rings (SSSR count). The first-order valence-corrected chi connectivity index (χ1v) is 8.77. The highest BCUT2D eigenvalue weighted by atomic mass is 16.5. The number of hydrogen-bond acceptors (Lipinski definition) is 5. The Morgan fingerprint density at radius 2 is 1.42 bits per heavy atom. The third kappa shape index (κ3) is 3.85. The van der Waals surface area contributed by atoms with Crippen molar-refractivity contribution in [2.45, 2.75) is 0 Å². The Balaban J connectivity index is 1.59. The van der Waals surface area contributed by atoms with Gasteiger partial charge in [0.1, 0.15) is 0 Å². The van der Waals surface area contributed by atoms with Gasteiger partial charge in [-0.25, -0.2) is 4.79 Å². The molecule has 0 N–H and O–H groups in total. The number of carbonyl (C=O) groups is 2. The van der Waals surface area contributed by atoms with E-state index >= 15 is 0 Å². The highest BCUT2D eigenvalue weighted by Gasteiger charge is 2.28. The first-order chi connectivity index (χ1) is 12.6. The van der Waals surface area contributed by atoms with Gasteiger partial charge in [-0.15, -0.1) is 0 Å². The van der Waals surface area contributed by atoms with Crippen molar-refractivity contribution in [1.82, 2.24) is 14.7 Å². The molecule has 2 aliphatic rings. The van der Waals surface area contributed by atoms with Crippen LogP contribution in [-0.4, -0.2) is 93.3 Å². The number of carbonyl (C=O) groups excluding carboxylic acids is 2. The summed E-state index contributed by atoms with van der Waals surface area (Å²) in [5.41, 5.74) is 0.551. The second kappa shape index (κ2) is 8.27. The monoisotopic (exact) mass is 363 g/mol. The predicted molar refractivity (Wildman–Crippen MR) is 94.8 cm³/mol. The Hall–Kier alpha value is -2.48. The van der Waals surface area contributed by atoms with Gasteiger partial charge in [-0.1, -0.05) is 0 Å². The van der Waals surface area contributed by atoms with Crippen molar-refractivity contribution in [2.75, 3.05) is 66.7 Å². The lowest BCUT2D eigenvalue weighted by atomic mass is 10.1. The van der Waals surface area contributed by atoms with E-state index in [-0.39, 0.29) is 11.9 Å². The second-order valence-electron chi connectivity index (χ2n) is 6.23. The SMILES string of the molecule is COc1ccc(C(=O)N2CCN(C(=O)N3CCOCC3)CC2)cc1OC. The minimum Gasteiger partial charge on any atom is -0.493 e. The molecule has 0 saturated carbocycles. The molecule has 2 aliphatic heterocycles. The molecule has 1 aromatic rings. The molecular weight excluding hydrogens is 338 g/mol. The molecule has 8 nitrogen and oxygen atoms in total. The molecule has 0 aromatic heterocycles. The number of piperazine rings is 1.